The van der Waals surface area contributed by atoms with Crippen LogP contribution >= 0.6 is 11.3 Å². The van der Waals surface area contributed by atoms with E-state index in [1.165, 1.54) is 28.8 Å². The minimum atomic E-state index is -0.631. The van der Waals surface area contributed by atoms with Crippen LogP contribution in [0.5, 0.6) is 11.6 Å². The summed E-state index contributed by atoms with van der Waals surface area (Å²) in [7, 11) is 0. The lowest BCUT2D eigenvalue weighted by Crippen LogP contribution is -2.03. The molecule has 0 fully saturated rings. The predicted molar refractivity (Wildman–Crippen MR) is 112 cm³/mol. The zero-order chi connectivity index (χ0) is 21.9. The second-order valence-corrected chi connectivity index (χ2v) is 8.00. The number of benzene rings is 1. The van der Waals surface area contributed by atoms with E-state index in [-0.39, 0.29) is 27.9 Å². The van der Waals surface area contributed by atoms with E-state index in [9.17, 15) is 19.4 Å². The van der Waals surface area contributed by atoms with Gasteiger partial charge < -0.3 is 19.0 Å². The molecule has 0 aliphatic carbocycles. The van der Waals surface area contributed by atoms with Crippen LogP contribution in [0.25, 0.3) is 26.8 Å². The normalized spacial score (nSPS) is 11.5. The summed E-state index contributed by atoms with van der Waals surface area (Å²) in [5.41, 5.74) is 0.429. The largest absolute Gasteiger partial charge is 0.503 e. The van der Waals surface area contributed by atoms with Gasteiger partial charge in [-0.3, -0.25) is 4.79 Å². The standard InChI is InChI=1S/C22H15FN2O5S/c1-10-3-7-14(29-10)18-17(19(26)15-8-4-11(2)30-15)20(27)21(28)25(18)22-24-13-6-5-12(23)9-16(13)31-22/h3-9,27-28H,1-2H3. The van der Waals surface area contributed by atoms with E-state index in [0.29, 0.717) is 21.7 Å². The number of hydrogen-bond acceptors (Lipinski definition) is 7. The molecule has 2 N–H and O–H groups in total. The molecule has 0 saturated carbocycles. The van der Waals surface area contributed by atoms with Gasteiger partial charge in [0, 0.05) is 0 Å². The van der Waals surface area contributed by atoms with E-state index in [4.69, 9.17) is 8.83 Å². The molecule has 31 heavy (non-hydrogen) atoms. The van der Waals surface area contributed by atoms with Crippen LogP contribution in [-0.4, -0.2) is 25.5 Å². The molecule has 1 aromatic carbocycles. The quantitative estimate of drug-likeness (QED) is 0.367. The highest BCUT2D eigenvalue weighted by molar-refractivity contribution is 7.20. The van der Waals surface area contributed by atoms with Crippen molar-refractivity contribution < 1.29 is 28.2 Å². The van der Waals surface area contributed by atoms with Crippen molar-refractivity contribution in [2.75, 3.05) is 0 Å². The number of carbonyl (C=O) groups excluding carboxylic acids is 1. The van der Waals surface area contributed by atoms with Gasteiger partial charge in [-0.1, -0.05) is 11.3 Å². The molecule has 9 heteroatoms. The van der Waals surface area contributed by atoms with Crippen LogP contribution in [0.15, 0.2) is 51.3 Å². The molecule has 0 atom stereocenters. The molecular formula is C22H15FN2O5S. The number of hydrogen-bond donors (Lipinski definition) is 2. The first kappa shape index (κ1) is 19.1. The molecule has 0 unspecified atom stereocenters. The van der Waals surface area contributed by atoms with Gasteiger partial charge in [-0.2, -0.15) is 0 Å². The third-order valence-corrected chi connectivity index (χ3v) is 5.82. The van der Waals surface area contributed by atoms with Crippen LogP contribution in [0.3, 0.4) is 0 Å². The molecule has 7 nitrogen and oxygen atoms in total. The van der Waals surface area contributed by atoms with Crippen molar-refractivity contribution in [3.63, 3.8) is 0 Å². The number of fused-ring (bicyclic) bond motifs is 1. The number of ketones is 1. The highest BCUT2D eigenvalue weighted by atomic mass is 32.1. The van der Waals surface area contributed by atoms with E-state index >= 15 is 0 Å². The molecule has 0 spiro atoms. The summed E-state index contributed by atoms with van der Waals surface area (Å²) in [5.74, 6) is -0.936. The minimum Gasteiger partial charge on any atom is -0.503 e. The first-order valence-corrected chi connectivity index (χ1v) is 10.1. The van der Waals surface area contributed by atoms with E-state index in [1.54, 1.807) is 32.0 Å². The van der Waals surface area contributed by atoms with Gasteiger partial charge in [0.25, 0.3) is 0 Å². The number of nitrogens with zero attached hydrogens (tertiary/aromatic N) is 2. The summed E-state index contributed by atoms with van der Waals surface area (Å²) in [6.07, 6.45) is 0. The van der Waals surface area contributed by atoms with Gasteiger partial charge in [0.15, 0.2) is 22.4 Å². The van der Waals surface area contributed by atoms with Gasteiger partial charge >= 0.3 is 0 Å². The molecule has 0 bridgehead atoms. The van der Waals surface area contributed by atoms with Crippen LogP contribution in [-0.2, 0) is 0 Å². The lowest BCUT2D eigenvalue weighted by Gasteiger charge is -2.06. The molecule has 4 aromatic heterocycles. The summed E-state index contributed by atoms with van der Waals surface area (Å²) in [5, 5.41) is 21.7. The maximum atomic E-state index is 13.7. The Balaban J connectivity index is 1.81. The summed E-state index contributed by atoms with van der Waals surface area (Å²) < 4.78 is 26.6. The van der Waals surface area contributed by atoms with E-state index in [2.05, 4.69) is 4.98 Å². The highest BCUT2D eigenvalue weighted by Gasteiger charge is 2.33. The number of aromatic hydroxyl groups is 2. The van der Waals surface area contributed by atoms with Gasteiger partial charge in [0.1, 0.15) is 28.6 Å². The molecule has 5 rings (SSSR count). The zero-order valence-electron chi connectivity index (χ0n) is 16.3. The Labute approximate surface area is 178 Å². The summed E-state index contributed by atoms with van der Waals surface area (Å²) in [4.78, 5) is 17.6. The van der Waals surface area contributed by atoms with Crippen molar-refractivity contribution in [3.8, 4) is 28.2 Å². The van der Waals surface area contributed by atoms with Gasteiger partial charge in [0.05, 0.1) is 10.2 Å². The fourth-order valence-electron chi connectivity index (χ4n) is 3.41. The third-order valence-electron chi connectivity index (χ3n) is 4.82. The molecule has 0 amide bonds. The zero-order valence-corrected chi connectivity index (χ0v) is 17.2. The average Bonchev–Trinajstić information content (AvgIpc) is 3.49. The SMILES string of the molecule is Cc1ccc(C(=O)c2c(O)c(O)n(-c3nc4ccc(F)cc4s3)c2-c2ccc(C)o2)o1. The minimum absolute atomic E-state index is 0.000786. The Hall–Kier alpha value is -3.85. The monoisotopic (exact) mass is 438 g/mol. The fraction of sp³-hybridized carbons (Fsp3) is 0.0909. The van der Waals surface area contributed by atoms with Crippen molar-refractivity contribution in [1.29, 1.82) is 0 Å². The number of carbonyl (C=O) groups is 1. The van der Waals surface area contributed by atoms with E-state index < -0.39 is 23.2 Å². The van der Waals surface area contributed by atoms with E-state index in [0.717, 1.165) is 11.3 Å². The average molecular weight is 438 g/mol. The Morgan fingerprint density at radius 2 is 1.81 bits per heavy atom. The maximum Gasteiger partial charge on any atom is 0.242 e. The second kappa shape index (κ2) is 6.85. The predicted octanol–water partition coefficient (Wildman–Crippen LogP) is 5.34. The number of halogens is 1. The molecule has 0 radical (unpaired) electrons. The van der Waals surface area contributed by atoms with Gasteiger partial charge in [0.2, 0.25) is 11.7 Å². The molecule has 156 valence electrons. The van der Waals surface area contributed by atoms with Crippen molar-refractivity contribution in [2.24, 2.45) is 0 Å². The number of aryl methyl sites for hydroxylation is 2. The Morgan fingerprint density at radius 3 is 2.48 bits per heavy atom. The van der Waals surface area contributed by atoms with Gasteiger partial charge in [-0.15, -0.1) is 0 Å². The smallest absolute Gasteiger partial charge is 0.242 e. The molecule has 0 saturated heterocycles. The number of aromatic nitrogens is 2. The van der Waals surface area contributed by atoms with Gasteiger partial charge in [-0.05, 0) is 56.3 Å². The van der Waals surface area contributed by atoms with Crippen molar-refractivity contribution >= 4 is 27.3 Å². The maximum absolute atomic E-state index is 13.7. The van der Waals surface area contributed by atoms with Crippen LogP contribution in [0.4, 0.5) is 4.39 Å². The number of rotatable bonds is 4. The van der Waals surface area contributed by atoms with Crippen LogP contribution in [0.2, 0.25) is 0 Å². The van der Waals surface area contributed by atoms with Crippen molar-refractivity contribution in [2.45, 2.75) is 13.8 Å². The molecule has 0 aliphatic heterocycles. The van der Waals surface area contributed by atoms with Crippen LogP contribution in [0, 0.1) is 19.7 Å². The molecule has 4 heterocycles. The first-order chi connectivity index (χ1) is 14.8. The molecule has 5 aromatic rings. The Morgan fingerprint density at radius 1 is 1.06 bits per heavy atom. The topological polar surface area (TPSA) is 102 Å². The van der Waals surface area contributed by atoms with E-state index in [1.807, 2.05) is 0 Å². The second-order valence-electron chi connectivity index (χ2n) is 6.99. The first-order valence-electron chi connectivity index (χ1n) is 9.24. The fourth-order valence-corrected chi connectivity index (χ4v) is 4.41. The van der Waals surface area contributed by atoms with Crippen molar-refractivity contribution in [3.05, 3.63) is 71.1 Å². The summed E-state index contributed by atoms with van der Waals surface area (Å²) in [6.45, 7) is 3.42. The van der Waals surface area contributed by atoms with Crippen LogP contribution in [0.1, 0.15) is 27.6 Å². The summed E-state index contributed by atoms with van der Waals surface area (Å²) >= 11 is 1.09. The lowest BCUT2D eigenvalue weighted by atomic mass is 10.1. The number of furan rings is 2. The highest BCUT2D eigenvalue weighted by Crippen LogP contribution is 2.45. The Bertz CT molecular complexity index is 1470. The van der Waals surface area contributed by atoms with Gasteiger partial charge in [-0.25, -0.2) is 13.9 Å². The van der Waals surface area contributed by atoms with Crippen molar-refractivity contribution in [1.82, 2.24) is 9.55 Å². The summed E-state index contributed by atoms with van der Waals surface area (Å²) in [6, 6.07) is 10.6. The Kier molecular flexibility index (Phi) is 4.23. The third kappa shape index (κ3) is 3.01. The number of thiazole rings is 1. The lowest BCUT2D eigenvalue weighted by molar-refractivity contribution is 0.101. The molecule has 0 aliphatic rings. The molecular weight excluding hydrogens is 423 g/mol. The van der Waals surface area contributed by atoms with Crippen LogP contribution < -0.4 is 0 Å².